The van der Waals surface area contributed by atoms with Gasteiger partial charge in [0.15, 0.2) is 0 Å². The highest BCUT2D eigenvalue weighted by Crippen LogP contribution is 2.49. The average Bonchev–Trinajstić information content (AvgIpc) is 3.29. The second-order valence-corrected chi connectivity index (χ2v) is 8.51. The van der Waals surface area contributed by atoms with Crippen molar-refractivity contribution in [3.63, 3.8) is 0 Å². The zero-order valence-electron chi connectivity index (χ0n) is 16.1. The standard InChI is InChI=1S/C22H30N2O3/c1-14(19-12-15-4-5-16(19)11-15)23-21(25)3-2-10-27-18-7-8-20-17(13-18)6-9-22(26)24-20/h7-8,13-16,19H,2-6,9-12H2,1H3,(H,23,25)(H,24,26). The van der Waals surface area contributed by atoms with Gasteiger partial charge >= 0.3 is 0 Å². The zero-order valence-corrected chi connectivity index (χ0v) is 16.1. The summed E-state index contributed by atoms with van der Waals surface area (Å²) in [7, 11) is 0. The van der Waals surface area contributed by atoms with Crippen LogP contribution in [0.5, 0.6) is 5.75 Å². The highest BCUT2D eigenvalue weighted by atomic mass is 16.5. The topological polar surface area (TPSA) is 67.4 Å². The Balaban J connectivity index is 1.17. The molecule has 0 aromatic heterocycles. The molecule has 2 amide bonds. The van der Waals surface area contributed by atoms with Crippen molar-refractivity contribution in [2.24, 2.45) is 17.8 Å². The molecule has 1 aromatic carbocycles. The molecule has 2 aliphatic carbocycles. The Morgan fingerprint density at radius 1 is 1.30 bits per heavy atom. The van der Waals surface area contributed by atoms with Crippen LogP contribution in [-0.4, -0.2) is 24.5 Å². The van der Waals surface area contributed by atoms with Crippen molar-refractivity contribution in [1.29, 1.82) is 0 Å². The lowest BCUT2D eigenvalue weighted by atomic mass is 9.84. The normalized spacial score (nSPS) is 27.0. The molecular weight excluding hydrogens is 340 g/mol. The molecule has 0 spiro atoms. The summed E-state index contributed by atoms with van der Waals surface area (Å²) in [6.45, 7) is 2.70. The Hall–Kier alpha value is -2.04. The Kier molecular flexibility index (Phi) is 5.37. The van der Waals surface area contributed by atoms with E-state index >= 15 is 0 Å². The smallest absolute Gasteiger partial charge is 0.224 e. The highest BCUT2D eigenvalue weighted by Gasteiger charge is 2.42. The van der Waals surface area contributed by atoms with Crippen molar-refractivity contribution in [1.82, 2.24) is 5.32 Å². The minimum absolute atomic E-state index is 0.0712. The zero-order chi connectivity index (χ0) is 18.8. The lowest BCUT2D eigenvalue weighted by molar-refractivity contribution is -0.122. The van der Waals surface area contributed by atoms with E-state index in [0.717, 1.165) is 35.3 Å². The molecule has 2 fully saturated rings. The van der Waals surface area contributed by atoms with Gasteiger partial charge in [-0.3, -0.25) is 9.59 Å². The van der Waals surface area contributed by atoms with E-state index in [1.165, 1.54) is 25.7 Å². The van der Waals surface area contributed by atoms with Gasteiger partial charge in [0, 0.05) is 24.6 Å². The molecule has 5 nitrogen and oxygen atoms in total. The maximum Gasteiger partial charge on any atom is 0.224 e. The van der Waals surface area contributed by atoms with E-state index in [2.05, 4.69) is 17.6 Å². The van der Waals surface area contributed by atoms with E-state index in [0.29, 0.717) is 37.8 Å². The van der Waals surface area contributed by atoms with Crippen LogP contribution in [-0.2, 0) is 16.0 Å². The third kappa shape index (κ3) is 4.28. The summed E-state index contributed by atoms with van der Waals surface area (Å²) in [6, 6.07) is 6.06. The second-order valence-electron chi connectivity index (χ2n) is 8.51. The van der Waals surface area contributed by atoms with Crippen LogP contribution in [0.4, 0.5) is 5.69 Å². The van der Waals surface area contributed by atoms with Crippen LogP contribution in [0.25, 0.3) is 0 Å². The summed E-state index contributed by atoms with van der Waals surface area (Å²) >= 11 is 0. The van der Waals surface area contributed by atoms with Gasteiger partial charge in [0.25, 0.3) is 0 Å². The summed E-state index contributed by atoms with van der Waals surface area (Å²) in [6.07, 6.45) is 7.92. The number of nitrogens with one attached hydrogen (secondary N) is 2. The molecule has 4 rings (SSSR count). The molecule has 1 aliphatic heterocycles. The van der Waals surface area contributed by atoms with Crippen LogP contribution < -0.4 is 15.4 Å². The summed E-state index contributed by atoms with van der Waals surface area (Å²) in [5.41, 5.74) is 2.00. The number of carbonyl (C=O) groups excluding carboxylic acids is 2. The summed E-state index contributed by atoms with van der Waals surface area (Å²) in [5, 5.41) is 6.09. The molecule has 1 aromatic rings. The largest absolute Gasteiger partial charge is 0.494 e. The Morgan fingerprint density at radius 3 is 2.96 bits per heavy atom. The quantitative estimate of drug-likeness (QED) is 0.720. The van der Waals surface area contributed by atoms with E-state index in [-0.39, 0.29) is 11.8 Å². The van der Waals surface area contributed by atoms with Crippen molar-refractivity contribution in [2.45, 2.75) is 64.3 Å². The first kappa shape index (κ1) is 18.3. The van der Waals surface area contributed by atoms with Crippen LogP contribution in [0.2, 0.25) is 0 Å². The number of aryl methyl sites for hydroxylation is 1. The fourth-order valence-corrected chi connectivity index (χ4v) is 5.21. The molecule has 27 heavy (non-hydrogen) atoms. The molecule has 2 N–H and O–H groups in total. The number of fused-ring (bicyclic) bond motifs is 3. The molecule has 0 radical (unpaired) electrons. The molecular formula is C22H30N2O3. The molecule has 4 unspecified atom stereocenters. The fourth-order valence-electron chi connectivity index (χ4n) is 5.21. The van der Waals surface area contributed by atoms with Crippen molar-refractivity contribution < 1.29 is 14.3 Å². The average molecular weight is 370 g/mol. The number of rotatable bonds is 7. The van der Waals surface area contributed by atoms with Gasteiger partial charge in [0.05, 0.1) is 6.61 Å². The maximum atomic E-state index is 12.2. The number of hydrogen-bond donors (Lipinski definition) is 2. The van der Waals surface area contributed by atoms with Gasteiger partial charge in [-0.1, -0.05) is 6.42 Å². The lowest BCUT2D eigenvalue weighted by Gasteiger charge is -2.28. The third-order valence-corrected chi connectivity index (χ3v) is 6.61. The van der Waals surface area contributed by atoms with Crippen LogP contribution in [0.1, 0.15) is 57.4 Å². The van der Waals surface area contributed by atoms with Gasteiger partial charge in [-0.25, -0.2) is 0 Å². The Labute approximate surface area is 161 Å². The molecule has 2 bridgehead atoms. The van der Waals surface area contributed by atoms with Crippen molar-refractivity contribution >= 4 is 17.5 Å². The molecule has 3 aliphatic rings. The first-order valence-corrected chi connectivity index (χ1v) is 10.4. The summed E-state index contributed by atoms with van der Waals surface area (Å²) in [4.78, 5) is 23.6. The molecule has 4 atom stereocenters. The summed E-state index contributed by atoms with van der Waals surface area (Å²) < 4.78 is 5.80. The van der Waals surface area contributed by atoms with Crippen LogP contribution in [0.15, 0.2) is 18.2 Å². The monoisotopic (exact) mass is 370 g/mol. The van der Waals surface area contributed by atoms with Crippen LogP contribution in [0, 0.1) is 17.8 Å². The predicted octanol–water partition coefficient (Wildman–Crippen LogP) is 3.67. The fraction of sp³-hybridized carbons (Fsp3) is 0.636. The first-order chi connectivity index (χ1) is 13.1. The van der Waals surface area contributed by atoms with E-state index < -0.39 is 0 Å². The Morgan fingerprint density at radius 2 is 2.19 bits per heavy atom. The van der Waals surface area contributed by atoms with Crippen molar-refractivity contribution in [2.75, 3.05) is 11.9 Å². The molecule has 146 valence electrons. The van der Waals surface area contributed by atoms with Gasteiger partial charge in [0.2, 0.25) is 11.8 Å². The number of ether oxygens (including phenoxy) is 1. The van der Waals surface area contributed by atoms with E-state index in [4.69, 9.17) is 4.74 Å². The molecule has 5 heteroatoms. The minimum Gasteiger partial charge on any atom is -0.494 e. The third-order valence-electron chi connectivity index (χ3n) is 6.61. The summed E-state index contributed by atoms with van der Waals surface area (Å²) in [5.74, 6) is 3.45. The maximum absolute atomic E-state index is 12.2. The number of hydrogen-bond acceptors (Lipinski definition) is 3. The number of benzene rings is 1. The minimum atomic E-state index is 0.0712. The van der Waals surface area contributed by atoms with Gasteiger partial charge in [0.1, 0.15) is 5.75 Å². The second kappa shape index (κ2) is 7.91. The molecule has 0 saturated heterocycles. The Bertz CT molecular complexity index is 718. The van der Waals surface area contributed by atoms with Gasteiger partial charge in [-0.15, -0.1) is 0 Å². The van der Waals surface area contributed by atoms with Crippen LogP contribution in [0.3, 0.4) is 0 Å². The van der Waals surface area contributed by atoms with E-state index in [1.807, 2.05) is 18.2 Å². The van der Waals surface area contributed by atoms with Crippen molar-refractivity contribution in [3.8, 4) is 5.75 Å². The van der Waals surface area contributed by atoms with E-state index in [9.17, 15) is 9.59 Å². The lowest BCUT2D eigenvalue weighted by Crippen LogP contribution is -2.40. The molecule has 1 heterocycles. The highest BCUT2D eigenvalue weighted by molar-refractivity contribution is 5.94. The van der Waals surface area contributed by atoms with Crippen LogP contribution >= 0.6 is 0 Å². The van der Waals surface area contributed by atoms with Gasteiger partial charge in [-0.2, -0.15) is 0 Å². The van der Waals surface area contributed by atoms with E-state index in [1.54, 1.807) is 0 Å². The molecule has 2 saturated carbocycles. The van der Waals surface area contributed by atoms with Gasteiger partial charge in [-0.05, 0) is 80.5 Å². The van der Waals surface area contributed by atoms with Crippen molar-refractivity contribution in [3.05, 3.63) is 23.8 Å². The van der Waals surface area contributed by atoms with Gasteiger partial charge < -0.3 is 15.4 Å². The SMILES string of the molecule is CC(NC(=O)CCCOc1ccc2c(c1)CCC(=O)N2)C1CC2CCC1C2. The number of carbonyl (C=O) groups is 2. The first-order valence-electron chi connectivity index (χ1n) is 10.4. The number of amides is 2. The predicted molar refractivity (Wildman–Crippen MR) is 105 cm³/mol. The number of anilines is 1.